The second kappa shape index (κ2) is 8.49. The maximum Gasteiger partial charge on any atom is 0.276 e. The van der Waals surface area contributed by atoms with E-state index in [4.69, 9.17) is 21.4 Å². The van der Waals surface area contributed by atoms with Gasteiger partial charge in [0.2, 0.25) is 0 Å². The zero-order valence-corrected chi connectivity index (χ0v) is 17.7. The second-order valence-electron chi connectivity index (χ2n) is 6.98. The summed E-state index contributed by atoms with van der Waals surface area (Å²) in [5.41, 5.74) is 0.461. The number of nitrogens with one attached hydrogen (secondary N) is 1. The van der Waals surface area contributed by atoms with E-state index in [0.29, 0.717) is 28.9 Å². The fourth-order valence-corrected chi connectivity index (χ4v) is 4.36. The maximum atomic E-state index is 12.8. The average molecular weight is 461 g/mol. The molecule has 28 heavy (non-hydrogen) atoms. The summed E-state index contributed by atoms with van der Waals surface area (Å²) in [6, 6.07) is 11.5. The first-order valence-electron chi connectivity index (χ1n) is 9.44. The van der Waals surface area contributed by atoms with Crippen molar-refractivity contribution >= 4 is 45.2 Å². The van der Waals surface area contributed by atoms with E-state index in [2.05, 4.69) is 21.2 Å². The zero-order valence-electron chi connectivity index (χ0n) is 15.3. The molecule has 1 aromatic carbocycles. The lowest BCUT2D eigenvalue weighted by Gasteiger charge is -2.29. The van der Waals surface area contributed by atoms with Crippen LogP contribution in [0.4, 0.5) is 0 Å². The van der Waals surface area contributed by atoms with E-state index in [1.54, 1.807) is 11.0 Å². The van der Waals surface area contributed by atoms with Crippen molar-refractivity contribution in [3.63, 3.8) is 0 Å². The Kier molecular flexibility index (Phi) is 5.82. The first-order valence-corrected chi connectivity index (χ1v) is 10.6. The van der Waals surface area contributed by atoms with Crippen molar-refractivity contribution < 1.29 is 13.9 Å². The summed E-state index contributed by atoms with van der Waals surface area (Å²) in [6.07, 6.45) is 7.26. The lowest BCUT2D eigenvalue weighted by molar-refractivity contribution is -0.124. The first kappa shape index (κ1) is 19.2. The van der Waals surface area contributed by atoms with Gasteiger partial charge in [-0.1, -0.05) is 31.4 Å². The van der Waals surface area contributed by atoms with Gasteiger partial charge in [-0.25, -0.2) is 0 Å². The van der Waals surface area contributed by atoms with Crippen LogP contribution in [0.3, 0.4) is 0 Å². The number of amides is 1. The minimum atomic E-state index is -0.0701. The van der Waals surface area contributed by atoms with Gasteiger partial charge >= 0.3 is 0 Å². The molecular weight excluding hydrogens is 440 g/mol. The molecule has 2 aromatic rings. The summed E-state index contributed by atoms with van der Waals surface area (Å²) in [7, 11) is 0. The molecule has 5 nitrogen and oxygen atoms in total. The smallest absolute Gasteiger partial charge is 0.276 e. The lowest BCUT2D eigenvalue weighted by Crippen LogP contribution is -2.41. The molecule has 0 bridgehead atoms. The van der Waals surface area contributed by atoms with Crippen molar-refractivity contribution in [3.8, 4) is 5.75 Å². The van der Waals surface area contributed by atoms with Gasteiger partial charge < -0.3 is 14.5 Å². The van der Waals surface area contributed by atoms with Gasteiger partial charge in [0.15, 0.2) is 5.11 Å². The third kappa shape index (κ3) is 4.15. The number of hydrogen-bond acceptors (Lipinski definition) is 4. The first-order chi connectivity index (χ1) is 13.6. The highest BCUT2D eigenvalue weighted by Gasteiger charge is 2.36. The molecule has 0 atom stereocenters. The number of rotatable bonds is 5. The predicted octanol–water partition coefficient (Wildman–Crippen LogP) is 5.01. The summed E-state index contributed by atoms with van der Waals surface area (Å²) in [5.74, 6) is 1.95. The number of benzene rings is 1. The quantitative estimate of drug-likeness (QED) is 0.501. The molecule has 1 saturated heterocycles. The fourth-order valence-electron chi connectivity index (χ4n) is 3.62. The Hall–Kier alpha value is -2.12. The molecule has 1 saturated carbocycles. The second-order valence-corrected chi connectivity index (χ2v) is 8.22. The van der Waals surface area contributed by atoms with Crippen LogP contribution in [0.15, 0.2) is 51.0 Å². The Morgan fingerprint density at radius 2 is 2.00 bits per heavy atom. The number of halogens is 1. The van der Waals surface area contributed by atoms with Crippen molar-refractivity contribution in [1.29, 1.82) is 0 Å². The van der Waals surface area contributed by atoms with E-state index < -0.39 is 0 Å². The summed E-state index contributed by atoms with van der Waals surface area (Å²) in [5, 5.41) is 3.54. The van der Waals surface area contributed by atoms with Crippen molar-refractivity contribution in [3.05, 3.63) is 58.1 Å². The number of ether oxygens (including phenoxy) is 1. The van der Waals surface area contributed by atoms with E-state index in [0.717, 1.165) is 35.9 Å². The minimum absolute atomic E-state index is 0.0701. The number of nitrogens with zero attached hydrogens (tertiary/aromatic N) is 1. The number of furan rings is 1. The van der Waals surface area contributed by atoms with Crippen LogP contribution in [0.2, 0.25) is 0 Å². The largest absolute Gasteiger partial charge is 0.484 e. The van der Waals surface area contributed by atoms with Crippen molar-refractivity contribution in [2.24, 2.45) is 0 Å². The van der Waals surface area contributed by atoms with Crippen LogP contribution < -0.4 is 10.1 Å². The fraction of sp³-hybridized carbons (Fsp3) is 0.333. The van der Waals surface area contributed by atoms with Crippen LogP contribution >= 0.6 is 28.1 Å². The van der Waals surface area contributed by atoms with Gasteiger partial charge in [-0.3, -0.25) is 9.69 Å². The minimum Gasteiger partial charge on any atom is -0.484 e. The van der Waals surface area contributed by atoms with Crippen LogP contribution in [0.5, 0.6) is 5.75 Å². The third-order valence-corrected chi connectivity index (χ3v) is 5.98. The van der Waals surface area contributed by atoms with E-state index in [-0.39, 0.29) is 11.9 Å². The molecule has 1 amide bonds. The van der Waals surface area contributed by atoms with Crippen LogP contribution in [-0.2, 0) is 11.4 Å². The van der Waals surface area contributed by atoms with E-state index in [1.165, 1.54) is 6.42 Å². The highest BCUT2D eigenvalue weighted by molar-refractivity contribution is 9.10. The average Bonchev–Trinajstić information content (AvgIpc) is 3.26. The highest BCUT2D eigenvalue weighted by atomic mass is 79.9. The van der Waals surface area contributed by atoms with Crippen molar-refractivity contribution in [1.82, 2.24) is 10.2 Å². The van der Waals surface area contributed by atoms with Crippen molar-refractivity contribution in [2.45, 2.75) is 44.8 Å². The lowest BCUT2D eigenvalue weighted by atomic mass is 9.94. The molecule has 4 rings (SSSR count). The molecule has 1 N–H and O–H groups in total. The molecule has 0 spiro atoms. The van der Waals surface area contributed by atoms with Crippen LogP contribution in [0.25, 0.3) is 6.08 Å². The summed E-state index contributed by atoms with van der Waals surface area (Å²) < 4.78 is 12.5. The molecule has 2 fully saturated rings. The Bertz CT molecular complexity index is 918. The topological polar surface area (TPSA) is 54.7 Å². The van der Waals surface area contributed by atoms with Gasteiger partial charge in [-0.15, -0.1) is 0 Å². The van der Waals surface area contributed by atoms with E-state index in [9.17, 15) is 4.79 Å². The number of carbonyl (C=O) groups is 1. The van der Waals surface area contributed by atoms with E-state index in [1.807, 2.05) is 36.4 Å². The molecule has 1 aliphatic carbocycles. The predicted molar refractivity (Wildman–Crippen MR) is 115 cm³/mol. The van der Waals surface area contributed by atoms with Gasteiger partial charge in [-0.05, 0) is 65.3 Å². The van der Waals surface area contributed by atoms with Crippen LogP contribution in [0, 0.1) is 0 Å². The van der Waals surface area contributed by atoms with Gasteiger partial charge in [0.05, 0.1) is 4.47 Å². The molecule has 1 aliphatic heterocycles. The van der Waals surface area contributed by atoms with Gasteiger partial charge in [0.25, 0.3) is 5.91 Å². The maximum absolute atomic E-state index is 12.8. The summed E-state index contributed by atoms with van der Waals surface area (Å²) in [4.78, 5) is 14.5. The summed E-state index contributed by atoms with van der Waals surface area (Å²) >= 11 is 8.86. The summed E-state index contributed by atoms with van der Waals surface area (Å²) in [6.45, 7) is 0.305. The van der Waals surface area contributed by atoms with Crippen LogP contribution in [0.1, 0.15) is 43.6 Å². The standard InChI is InChI=1S/C21H21BrN2O3S/c22-17-8-4-5-9-19(17)26-13-16-11-10-15(27-16)12-18-20(25)24(21(28)23-18)14-6-2-1-3-7-14/h4-5,8-12,14H,1-3,6-7,13H2,(H,23,28)/b18-12+. The molecule has 0 unspecified atom stereocenters. The Morgan fingerprint density at radius 3 is 2.79 bits per heavy atom. The number of hydrogen-bond donors (Lipinski definition) is 1. The molecule has 1 aromatic heterocycles. The Labute approximate surface area is 177 Å². The van der Waals surface area contributed by atoms with E-state index >= 15 is 0 Å². The van der Waals surface area contributed by atoms with Crippen molar-refractivity contribution in [2.75, 3.05) is 0 Å². The number of thiocarbonyl (C=S) groups is 1. The third-order valence-electron chi connectivity index (χ3n) is 5.03. The number of para-hydroxylation sites is 1. The monoisotopic (exact) mass is 460 g/mol. The highest BCUT2D eigenvalue weighted by Crippen LogP contribution is 2.28. The number of carbonyl (C=O) groups excluding carboxylic acids is 1. The Morgan fingerprint density at radius 1 is 1.21 bits per heavy atom. The molecule has 2 aliphatic rings. The van der Waals surface area contributed by atoms with Gasteiger partial charge in [0.1, 0.15) is 29.6 Å². The zero-order chi connectivity index (χ0) is 19.5. The van der Waals surface area contributed by atoms with Crippen LogP contribution in [-0.4, -0.2) is 22.0 Å². The van der Waals surface area contributed by atoms with Gasteiger partial charge in [-0.2, -0.15) is 0 Å². The molecule has 7 heteroatoms. The molecule has 0 radical (unpaired) electrons. The normalized spacial score (nSPS) is 19.3. The molecular formula is C21H21BrN2O3S. The SMILES string of the molecule is O=C1/C(=C\c2ccc(COc3ccccc3Br)o2)NC(=S)N1C1CCCCC1. The molecule has 2 heterocycles. The molecule has 146 valence electrons. The van der Waals surface area contributed by atoms with Gasteiger partial charge in [0, 0.05) is 12.1 Å². The Balaban J connectivity index is 1.42.